The molecule has 3 aromatic rings. The molecule has 0 amide bonds. The van der Waals surface area contributed by atoms with Crippen LogP contribution in [0, 0.1) is 0 Å². The Morgan fingerprint density at radius 3 is 2.40 bits per heavy atom. The molecule has 0 saturated carbocycles. The molecule has 3 N–H and O–H groups in total. The second kappa shape index (κ2) is 10.5. The summed E-state index contributed by atoms with van der Waals surface area (Å²) in [5, 5.41) is 19.2. The van der Waals surface area contributed by atoms with E-state index in [0.717, 1.165) is 28.5 Å². The van der Waals surface area contributed by atoms with Crippen molar-refractivity contribution < 1.29 is 24.5 Å². The van der Waals surface area contributed by atoms with Crippen molar-refractivity contribution in [2.45, 2.75) is 6.54 Å². The highest BCUT2D eigenvalue weighted by molar-refractivity contribution is 6.42. The van der Waals surface area contributed by atoms with Gasteiger partial charge in [0.25, 0.3) is 0 Å². The minimum Gasteiger partial charge on any atom is -0.497 e. The molecule has 0 fully saturated rings. The molecule has 8 nitrogen and oxygen atoms in total. The number of benzene rings is 2. The largest absolute Gasteiger partial charge is 0.497 e. The summed E-state index contributed by atoms with van der Waals surface area (Å²) in [7, 11) is 3.63. The number of halogens is 2. The second-order valence-corrected chi connectivity index (χ2v) is 6.78. The molecule has 0 radical (unpaired) electrons. The van der Waals surface area contributed by atoms with Crippen LogP contribution in [0.1, 0.15) is 5.56 Å². The summed E-state index contributed by atoms with van der Waals surface area (Å²) in [6.07, 6.45) is 1.84. The molecule has 0 aliphatic heterocycles. The zero-order valence-corrected chi connectivity index (χ0v) is 17.6. The minimum atomic E-state index is -1.82. The van der Waals surface area contributed by atoms with E-state index in [2.05, 4.69) is 10.3 Å². The molecular formula is C20H19Cl2N3O5. The highest BCUT2D eigenvalue weighted by Crippen LogP contribution is 2.26. The maximum Gasteiger partial charge on any atom is 0.414 e. The van der Waals surface area contributed by atoms with E-state index in [9.17, 15) is 0 Å². The first-order chi connectivity index (χ1) is 14.2. The smallest absolute Gasteiger partial charge is 0.414 e. The van der Waals surface area contributed by atoms with Crippen LogP contribution in [0.15, 0.2) is 48.7 Å². The Morgan fingerprint density at radius 1 is 1.10 bits per heavy atom. The van der Waals surface area contributed by atoms with Crippen molar-refractivity contribution >= 4 is 41.1 Å². The number of hydrogen-bond donors (Lipinski definition) is 3. The summed E-state index contributed by atoms with van der Waals surface area (Å²) < 4.78 is 7.29. The average Bonchev–Trinajstić information content (AvgIpc) is 3.09. The highest BCUT2D eigenvalue weighted by atomic mass is 35.5. The van der Waals surface area contributed by atoms with Gasteiger partial charge in [0, 0.05) is 19.2 Å². The Hall–Kier alpha value is -3.23. The predicted octanol–water partition coefficient (Wildman–Crippen LogP) is 4.17. The lowest BCUT2D eigenvalue weighted by atomic mass is 10.1. The zero-order valence-electron chi connectivity index (χ0n) is 16.1. The maximum absolute atomic E-state index is 9.10. The second-order valence-electron chi connectivity index (χ2n) is 5.97. The van der Waals surface area contributed by atoms with Gasteiger partial charge in [0.05, 0.1) is 29.0 Å². The Morgan fingerprint density at radius 2 is 1.80 bits per heavy atom. The molecule has 3 rings (SSSR count). The Balaban J connectivity index is 0.000000469. The monoisotopic (exact) mass is 451 g/mol. The molecule has 0 spiro atoms. The van der Waals surface area contributed by atoms with Crippen LogP contribution in [-0.4, -0.2) is 38.8 Å². The molecule has 1 heterocycles. The third kappa shape index (κ3) is 6.13. The number of carboxylic acid groups (broad SMARTS) is 2. The number of rotatable bonds is 5. The van der Waals surface area contributed by atoms with E-state index in [1.54, 1.807) is 13.2 Å². The van der Waals surface area contributed by atoms with Crippen molar-refractivity contribution in [1.82, 2.24) is 9.55 Å². The number of aliphatic carboxylic acids is 2. The van der Waals surface area contributed by atoms with Gasteiger partial charge in [-0.3, -0.25) is 0 Å². The van der Waals surface area contributed by atoms with Gasteiger partial charge in [-0.2, -0.15) is 0 Å². The van der Waals surface area contributed by atoms with Crippen LogP contribution in [0.3, 0.4) is 0 Å². The van der Waals surface area contributed by atoms with Gasteiger partial charge in [-0.15, -0.1) is 0 Å². The van der Waals surface area contributed by atoms with Crippen molar-refractivity contribution in [3.63, 3.8) is 0 Å². The van der Waals surface area contributed by atoms with Crippen LogP contribution in [0.25, 0.3) is 11.3 Å². The van der Waals surface area contributed by atoms with E-state index >= 15 is 0 Å². The van der Waals surface area contributed by atoms with Crippen LogP contribution < -0.4 is 10.1 Å². The van der Waals surface area contributed by atoms with Crippen LogP contribution in [0.5, 0.6) is 5.75 Å². The number of carbonyl (C=O) groups is 2. The van der Waals surface area contributed by atoms with Gasteiger partial charge in [-0.1, -0.05) is 41.4 Å². The molecule has 0 atom stereocenters. The van der Waals surface area contributed by atoms with Gasteiger partial charge in [-0.25, -0.2) is 14.6 Å². The van der Waals surface area contributed by atoms with E-state index in [1.165, 1.54) is 0 Å². The van der Waals surface area contributed by atoms with Gasteiger partial charge >= 0.3 is 11.9 Å². The molecule has 0 aliphatic carbocycles. The summed E-state index contributed by atoms with van der Waals surface area (Å²) >= 11 is 12.0. The van der Waals surface area contributed by atoms with Gasteiger partial charge in [0.2, 0.25) is 5.95 Å². The van der Waals surface area contributed by atoms with E-state index in [0.29, 0.717) is 16.6 Å². The number of ether oxygens (including phenoxy) is 1. The fraction of sp³-hybridized carbons (Fsp3) is 0.150. The van der Waals surface area contributed by atoms with E-state index in [1.807, 2.05) is 54.2 Å². The lowest BCUT2D eigenvalue weighted by Crippen LogP contribution is -2.09. The minimum absolute atomic E-state index is 0.549. The lowest BCUT2D eigenvalue weighted by Gasteiger charge is -2.10. The molecule has 158 valence electrons. The van der Waals surface area contributed by atoms with Crippen LogP contribution in [-0.2, 0) is 23.2 Å². The van der Waals surface area contributed by atoms with Gasteiger partial charge in [0.1, 0.15) is 5.75 Å². The number of hydrogen-bond acceptors (Lipinski definition) is 5. The van der Waals surface area contributed by atoms with Crippen molar-refractivity contribution in [2.75, 3.05) is 12.4 Å². The number of anilines is 1. The summed E-state index contributed by atoms with van der Waals surface area (Å²) in [6.45, 7) is 0.610. The summed E-state index contributed by atoms with van der Waals surface area (Å²) in [6, 6.07) is 13.5. The normalized spacial score (nSPS) is 10.0. The van der Waals surface area contributed by atoms with E-state index in [4.69, 9.17) is 47.7 Å². The summed E-state index contributed by atoms with van der Waals surface area (Å²) in [5.74, 6) is -2.05. The standard InChI is InChI=1S/C18H17Cl2N3O.C2H2O4/c1-23-17(13-4-3-5-14(9-13)24-2)11-22-18(23)21-10-12-6-7-15(19)16(20)8-12;3-1(4)2(5)6/h3-9,11H,10H2,1-2H3,(H,21,22);(H,3,4)(H,5,6). The molecular weight excluding hydrogens is 433 g/mol. The quantitative estimate of drug-likeness (QED) is 0.498. The van der Waals surface area contributed by atoms with Crippen molar-refractivity contribution in [3.8, 4) is 17.0 Å². The zero-order chi connectivity index (χ0) is 22.3. The molecule has 2 aromatic carbocycles. The molecule has 30 heavy (non-hydrogen) atoms. The number of methoxy groups -OCH3 is 1. The SMILES string of the molecule is COc1cccc(-c2cnc(NCc3ccc(Cl)c(Cl)c3)n2C)c1.O=C(O)C(=O)O. The first kappa shape index (κ1) is 23.1. The molecule has 0 aliphatic rings. The van der Waals surface area contributed by atoms with Crippen LogP contribution in [0.2, 0.25) is 10.0 Å². The Labute approximate surface area is 182 Å². The lowest BCUT2D eigenvalue weighted by molar-refractivity contribution is -0.159. The van der Waals surface area contributed by atoms with Crippen LogP contribution in [0.4, 0.5) is 5.95 Å². The molecule has 10 heteroatoms. The van der Waals surface area contributed by atoms with Gasteiger partial charge in [0.15, 0.2) is 0 Å². The predicted molar refractivity (Wildman–Crippen MR) is 114 cm³/mol. The molecule has 0 unspecified atom stereocenters. The highest BCUT2D eigenvalue weighted by Gasteiger charge is 2.09. The van der Waals surface area contributed by atoms with Crippen LogP contribution >= 0.6 is 23.2 Å². The fourth-order valence-electron chi connectivity index (χ4n) is 2.46. The average molecular weight is 452 g/mol. The first-order valence-electron chi connectivity index (χ1n) is 8.53. The number of nitrogens with one attached hydrogen (secondary N) is 1. The molecule has 1 aromatic heterocycles. The number of aromatic nitrogens is 2. The number of imidazole rings is 1. The maximum atomic E-state index is 9.10. The summed E-state index contributed by atoms with van der Waals surface area (Å²) in [4.78, 5) is 22.7. The van der Waals surface area contributed by atoms with E-state index < -0.39 is 11.9 Å². The number of nitrogens with zero attached hydrogens (tertiary/aromatic N) is 2. The third-order valence-electron chi connectivity index (χ3n) is 3.97. The fourth-order valence-corrected chi connectivity index (χ4v) is 2.78. The third-order valence-corrected chi connectivity index (χ3v) is 4.71. The molecule has 0 saturated heterocycles. The number of carboxylic acids is 2. The first-order valence-corrected chi connectivity index (χ1v) is 9.28. The van der Waals surface area contributed by atoms with E-state index in [-0.39, 0.29) is 0 Å². The van der Waals surface area contributed by atoms with Gasteiger partial charge in [-0.05, 0) is 29.8 Å². The van der Waals surface area contributed by atoms with Crippen molar-refractivity contribution in [1.29, 1.82) is 0 Å². The Bertz CT molecular complexity index is 1040. The van der Waals surface area contributed by atoms with Crippen molar-refractivity contribution in [3.05, 3.63) is 64.3 Å². The summed E-state index contributed by atoms with van der Waals surface area (Å²) in [5.41, 5.74) is 3.09. The topological polar surface area (TPSA) is 114 Å². The molecule has 0 bridgehead atoms. The Kier molecular flexibility index (Phi) is 8.08. The van der Waals surface area contributed by atoms with Crippen molar-refractivity contribution in [2.24, 2.45) is 7.05 Å². The van der Waals surface area contributed by atoms with Gasteiger partial charge < -0.3 is 24.8 Å².